The molecule has 8 heteroatoms. The number of esters is 1. The molecule has 96 valence electrons. The zero-order valence-electron chi connectivity index (χ0n) is 9.57. The maximum Gasteiger partial charge on any atom is 0.411 e. The second-order valence-corrected chi connectivity index (χ2v) is 2.78. The van der Waals surface area contributed by atoms with Gasteiger partial charge >= 0.3 is 18.2 Å². The van der Waals surface area contributed by atoms with Gasteiger partial charge in [0.25, 0.3) is 0 Å². The molecule has 0 saturated carbocycles. The molecular formula is C9H14N2O6. The molecule has 8 nitrogen and oxygen atoms in total. The number of nitrogens with one attached hydrogen (secondary N) is 2. The smallest absolute Gasteiger partial charge is 0.411 e. The highest BCUT2D eigenvalue weighted by Gasteiger charge is 2.06. The first-order valence-electron chi connectivity index (χ1n) is 4.52. The average molecular weight is 246 g/mol. The van der Waals surface area contributed by atoms with E-state index in [0.717, 1.165) is 0 Å². The van der Waals surface area contributed by atoms with Crippen molar-refractivity contribution in [3.63, 3.8) is 0 Å². The first-order valence-corrected chi connectivity index (χ1v) is 4.52. The van der Waals surface area contributed by atoms with Crippen LogP contribution in [0.4, 0.5) is 9.59 Å². The lowest BCUT2D eigenvalue weighted by atomic mass is 10.4. The lowest BCUT2D eigenvalue weighted by Crippen LogP contribution is -2.37. The molecule has 0 fully saturated rings. The Morgan fingerprint density at radius 3 is 2.24 bits per heavy atom. The van der Waals surface area contributed by atoms with Crippen molar-refractivity contribution in [3.05, 3.63) is 12.2 Å². The van der Waals surface area contributed by atoms with E-state index < -0.39 is 24.9 Å². The fourth-order valence-corrected chi connectivity index (χ4v) is 0.571. The van der Waals surface area contributed by atoms with Crippen molar-refractivity contribution in [1.29, 1.82) is 0 Å². The molecule has 0 aromatic rings. The number of alkyl carbamates (subject to hydrolysis) is 2. The van der Waals surface area contributed by atoms with Crippen LogP contribution in [-0.4, -0.2) is 38.7 Å². The van der Waals surface area contributed by atoms with E-state index in [1.807, 2.05) is 0 Å². The molecule has 17 heavy (non-hydrogen) atoms. The van der Waals surface area contributed by atoms with Gasteiger partial charge in [-0.1, -0.05) is 6.58 Å². The number of hydrogen-bond donors (Lipinski definition) is 2. The maximum atomic E-state index is 10.9. The standard InChI is InChI=1S/C9H14N2O6/c1-6(2)7(12)16-5-17-9(14)11-4-10-8(13)15-3/h1,4-5H2,2-3H3,(H,10,13)(H,11,14). The molecule has 0 saturated heterocycles. The molecule has 2 N–H and O–H groups in total. The zero-order valence-corrected chi connectivity index (χ0v) is 9.57. The summed E-state index contributed by atoms with van der Waals surface area (Å²) in [5.41, 5.74) is 0.196. The highest BCUT2D eigenvalue weighted by atomic mass is 16.7. The highest BCUT2D eigenvalue weighted by molar-refractivity contribution is 5.86. The molecule has 2 amide bonds. The van der Waals surface area contributed by atoms with Crippen LogP contribution in [0.25, 0.3) is 0 Å². The van der Waals surface area contributed by atoms with Gasteiger partial charge in [-0.05, 0) is 6.92 Å². The van der Waals surface area contributed by atoms with Gasteiger partial charge in [-0.2, -0.15) is 0 Å². The predicted molar refractivity (Wildman–Crippen MR) is 55.8 cm³/mol. The minimum Gasteiger partial charge on any atom is -0.453 e. The van der Waals surface area contributed by atoms with Crippen molar-refractivity contribution >= 4 is 18.2 Å². The maximum absolute atomic E-state index is 10.9. The topological polar surface area (TPSA) is 103 Å². The lowest BCUT2D eigenvalue weighted by Gasteiger charge is -2.08. The largest absolute Gasteiger partial charge is 0.453 e. The molecule has 0 bridgehead atoms. The number of carbonyl (C=O) groups is 3. The number of amides is 2. The highest BCUT2D eigenvalue weighted by Crippen LogP contribution is 1.91. The van der Waals surface area contributed by atoms with Gasteiger partial charge in [-0.25, -0.2) is 14.4 Å². The molecule has 0 heterocycles. The number of methoxy groups -OCH3 is 1. The van der Waals surface area contributed by atoms with Crippen LogP contribution in [0.5, 0.6) is 0 Å². The van der Waals surface area contributed by atoms with Crippen molar-refractivity contribution in [3.8, 4) is 0 Å². The fraction of sp³-hybridized carbons (Fsp3) is 0.444. The quantitative estimate of drug-likeness (QED) is 0.405. The Hall–Kier alpha value is -2.25. The minimum absolute atomic E-state index is 0.167. The third-order valence-corrected chi connectivity index (χ3v) is 1.38. The Kier molecular flexibility index (Phi) is 6.91. The van der Waals surface area contributed by atoms with Crippen LogP contribution in [0, 0.1) is 0 Å². The molecular weight excluding hydrogens is 232 g/mol. The van der Waals surface area contributed by atoms with E-state index in [-0.39, 0.29) is 12.2 Å². The molecule has 0 aromatic carbocycles. The van der Waals surface area contributed by atoms with E-state index in [1.165, 1.54) is 14.0 Å². The Morgan fingerprint density at radius 1 is 1.12 bits per heavy atom. The number of hydrogen-bond acceptors (Lipinski definition) is 6. The monoisotopic (exact) mass is 246 g/mol. The summed E-state index contributed by atoms with van der Waals surface area (Å²) in [7, 11) is 1.19. The van der Waals surface area contributed by atoms with Crippen LogP contribution in [0.1, 0.15) is 6.92 Å². The van der Waals surface area contributed by atoms with Gasteiger partial charge in [0.15, 0.2) is 0 Å². The molecule has 0 aromatic heterocycles. The minimum atomic E-state index is -0.851. The summed E-state index contributed by atoms with van der Waals surface area (Å²) in [6.07, 6.45) is -1.55. The van der Waals surface area contributed by atoms with Crippen LogP contribution in [0.2, 0.25) is 0 Å². The predicted octanol–water partition coefficient (Wildman–Crippen LogP) is 0.103. The van der Waals surface area contributed by atoms with Gasteiger partial charge in [0.1, 0.15) is 0 Å². The van der Waals surface area contributed by atoms with E-state index >= 15 is 0 Å². The van der Waals surface area contributed by atoms with E-state index in [4.69, 9.17) is 0 Å². The summed E-state index contributed by atoms with van der Waals surface area (Å²) in [6, 6.07) is 0. The summed E-state index contributed by atoms with van der Waals surface area (Å²) >= 11 is 0. The fourth-order valence-electron chi connectivity index (χ4n) is 0.571. The SMILES string of the molecule is C=C(C)C(=O)OCOC(=O)NCNC(=O)OC. The van der Waals surface area contributed by atoms with Gasteiger partial charge < -0.3 is 24.8 Å². The molecule has 0 rings (SSSR count). The van der Waals surface area contributed by atoms with Gasteiger partial charge in [0, 0.05) is 5.57 Å². The summed E-state index contributed by atoms with van der Waals surface area (Å²) < 4.78 is 13.2. The van der Waals surface area contributed by atoms with Crippen molar-refractivity contribution in [2.24, 2.45) is 0 Å². The van der Waals surface area contributed by atoms with Gasteiger partial charge in [-0.3, -0.25) is 0 Å². The summed E-state index contributed by atoms with van der Waals surface area (Å²) in [5, 5.41) is 4.35. The molecule has 0 radical (unpaired) electrons. The third kappa shape index (κ3) is 7.65. The van der Waals surface area contributed by atoms with E-state index in [0.29, 0.717) is 0 Å². The first kappa shape index (κ1) is 14.8. The molecule has 0 unspecified atom stereocenters. The van der Waals surface area contributed by atoms with Crippen LogP contribution in [0.3, 0.4) is 0 Å². The number of ether oxygens (including phenoxy) is 3. The Balaban J connectivity index is 3.57. The van der Waals surface area contributed by atoms with Gasteiger partial charge in [-0.15, -0.1) is 0 Å². The molecule has 0 aliphatic carbocycles. The Bertz CT molecular complexity index is 315. The number of rotatable bonds is 5. The van der Waals surface area contributed by atoms with E-state index in [2.05, 4.69) is 31.4 Å². The zero-order chi connectivity index (χ0) is 13.3. The Morgan fingerprint density at radius 2 is 1.71 bits per heavy atom. The summed E-state index contributed by atoms with van der Waals surface area (Å²) in [4.78, 5) is 32.4. The first-order chi connectivity index (χ1) is 7.97. The van der Waals surface area contributed by atoms with Crippen LogP contribution in [0.15, 0.2) is 12.2 Å². The van der Waals surface area contributed by atoms with Crippen LogP contribution >= 0.6 is 0 Å². The van der Waals surface area contributed by atoms with E-state index in [1.54, 1.807) is 0 Å². The molecule has 0 atom stereocenters. The Labute approximate surface area is 97.9 Å². The van der Waals surface area contributed by atoms with Crippen molar-refractivity contribution in [2.45, 2.75) is 6.92 Å². The normalized spacial score (nSPS) is 8.82. The molecule has 0 aliphatic heterocycles. The number of carbonyl (C=O) groups excluding carboxylic acids is 3. The summed E-state index contributed by atoms with van der Waals surface area (Å²) in [5.74, 6) is -0.662. The second-order valence-electron chi connectivity index (χ2n) is 2.78. The second kappa shape index (κ2) is 7.97. The van der Waals surface area contributed by atoms with Crippen molar-refractivity contribution in [1.82, 2.24) is 10.6 Å². The average Bonchev–Trinajstić information content (AvgIpc) is 2.28. The van der Waals surface area contributed by atoms with Gasteiger partial charge in [0.2, 0.25) is 6.79 Å². The van der Waals surface area contributed by atoms with Crippen molar-refractivity contribution < 1.29 is 28.6 Å². The van der Waals surface area contributed by atoms with Crippen LogP contribution < -0.4 is 10.6 Å². The van der Waals surface area contributed by atoms with Crippen molar-refractivity contribution in [2.75, 3.05) is 20.6 Å². The van der Waals surface area contributed by atoms with Gasteiger partial charge in [0.05, 0.1) is 13.8 Å². The summed E-state index contributed by atoms with van der Waals surface area (Å²) in [6.45, 7) is 4.10. The molecule has 0 aliphatic rings. The van der Waals surface area contributed by atoms with E-state index in [9.17, 15) is 14.4 Å². The van der Waals surface area contributed by atoms with Crippen LogP contribution in [-0.2, 0) is 19.0 Å². The lowest BCUT2D eigenvalue weighted by molar-refractivity contribution is -0.146. The third-order valence-electron chi connectivity index (χ3n) is 1.38. The molecule has 0 spiro atoms.